The summed E-state index contributed by atoms with van der Waals surface area (Å²) in [6.45, 7) is 0.638. The Kier molecular flexibility index (Phi) is 3.89. The van der Waals surface area contributed by atoms with Crippen molar-refractivity contribution in [2.45, 2.75) is 6.54 Å². The summed E-state index contributed by atoms with van der Waals surface area (Å²) in [6, 6.07) is 3.24. The molecule has 0 fully saturated rings. The predicted molar refractivity (Wildman–Crippen MR) is 69.2 cm³/mol. The average molecular weight is 292 g/mol. The van der Waals surface area contributed by atoms with Crippen molar-refractivity contribution in [3.05, 3.63) is 39.1 Å². The van der Waals surface area contributed by atoms with E-state index in [1.54, 1.807) is 23.0 Å². The Hall–Kier alpha value is -0.810. The molecule has 0 aliphatic rings. The molecular formula is C10H9Cl3N4. The maximum Gasteiger partial charge on any atom is 0.0969 e. The van der Waals surface area contributed by atoms with E-state index in [0.29, 0.717) is 27.3 Å². The fourth-order valence-corrected chi connectivity index (χ4v) is 1.99. The molecule has 17 heavy (non-hydrogen) atoms. The fourth-order valence-electron chi connectivity index (χ4n) is 1.37. The van der Waals surface area contributed by atoms with Gasteiger partial charge >= 0.3 is 0 Å². The van der Waals surface area contributed by atoms with E-state index in [4.69, 9.17) is 34.8 Å². The molecule has 1 aromatic heterocycles. The largest absolute Gasteiger partial charge is 0.314 e. The quantitative estimate of drug-likeness (QED) is 0.884. The van der Waals surface area contributed by atoms with Crippen LogP contribution in [0.5, 0.6) is 0 Å². The molecule has 0 aliphatic carbocycles. The topological polar surface area (TPSA) is 42.7 Å². The van der Waals surface area contributed by atoms with Crippen LogP contribution in [0.3, 0.4) is 0 Å². The normalized spacial score (nSPS) is 10.8. The summed E-state index contributed by atoms with van der Waals surface area (Å²) in [5, 5.41) is 12.3. The number of nitrogens with zero attached hydrogens (tertiary/aromatic N) is 3. The minimum absolute atomic E-state index is 0.413. The average Bonchev–Trinajstić information content (AvgIpc) is 2.72. The first-order valence-corrected chi connectivity index (χ1v) is 5.96. The van der Waals surface area contributed by atoms with Gasteiger partial charge in [0, 0.05) is 6.54 Å². The van der Waals surface area contributed by atoms with E-state index in [2.05, 4.69) is 15.6 Å². The van der Waals surface area contributed by atoms with E-state index in [1.807, 2.05) is 7.05 Å². The zero-order chi connectivity index (χ0) is 12.4. The van der Waals surface area contributed by atoms with E-state index in [0.717, 1.165) is 5.69 Å². The van der Waals surface area contributed by atoms with Crippen LogP contribution in [0.2, 0.25) is 15.1 Å². The molecule has 1 N–H and O–H groups in total. The van der Waals surface area contributed by atoms with Gasteiger partial charge in [-0.1, -0.05) is 40.0 Å². The summed E-state index contributed by atoms with van der Waals surface area (Å²) >= 11 is 17.9. The Bertz CT molecular complexity index is 538. The van der Waals surface area contributed by atoms with Crippen LogP contribution in [0, 0.1) is 0 Å². The van der Waals surface area contributed by atoms with Gasteiger partial charge in [0.1, 0.15) is 0 Å². The van der Waals surface area contributed by atoms with Crippen LogP contribution >= 0.6 is 34.8 Å². The summed E-state index contributed by atoms with van der Waals surface area (Å²) in [5.74, 6) is 0. The molecule has 1 heterocycles. The maximum absolute atomic E-state index is 6.08. The number of rotatable bonds is 3. The number of halogens is 3. The number of hydrogen-bond acceptors (Lipinski definition) is 3. The zero-order valence-electron chi connectivity index (χ0n) is 8.91. The third-order valence-electron chi connectivity index (χ3n) is 2.14. The highest BCUT2D eigenvalue weighted by atomic mass is 35.5. The van der Waals surface area contributed by atoms with Crippen molar-refractivity contribution >= 4 is 34.8 Å². The van der Waals surface area contributed by atoms with Crippen molar-refractivity contribution in [2.24, 2.45) is 0 Å². The lowest BCUT2D eigenvalue weighted by Gasteiger charge is -2.05. The molecule has 1 aromatic carbocycles. The first-order valence-electron chi connectivity index (χ1n) is 4.82. The van der Waals surface area contributed by atoms with Crippen molar-refractivity contribution in [1.82, 2.24) is 20.3 Å². The number of benzene rings is 1. The lowest BCUT2D eigenvalue weighted by molar-refractivity contribution is 0.767. The molecule has 90 valence electrons. The van der Waals surface area contributed by atoms with E-state index in [9.17, 15) is 0 Å². The van der Waals surface area contributed by atoms with Crippen molar-refractivity contribution in [2.75, 3.05) is 7.05 Å². The Balaban J connectivity index is 2.41. The Morgan fingerprint density at radius 1 is 1.18 bits per heavy atom. The third kappa shape index (κ3) is 2.72. The molecule has 4 nitrogen and oxygen atoms in total. The van der Waals surface area contributed by atoms with Gasteiger partial charge in [-0.3, -0.25) is 0 Å². The van der Waals surface area contributed by atoms with Crippen LogP contribution in [0.25, 0.3) is 5.69 Å². The second-order valence-electron chi connectivity index (χ2n) is 3.40. The van der Waals surface area contributed by atoms with Gasteiger partial charge < -0.3 is 5.32 Å². The fraction of sp³-hybridized carbons (Fsp3) is 0.200. The second kappa shape index (κ2) is 5.23. The first kappa shape index (κ1) is 12.6. The van der Waals surface area contributed by atoms with Crippen LogP contribution in [-0.2, 0) is 6.54 Å². The van der Waals surface area contributed by atoms with Crippen LogP contribution in [0.15, 0.2) is 18.3 Å². The van der Waals surface area contributed by atoms with Gasteiger partial charge in [0.2, 0.25) is 0 Å². The third-order valence-corrected chi connectivity index (χ3v) is 3.16. The van der Waals surface area contributed by atoms with Gasteiger partial charge in [0.05, 0.1) is 32.6 Å². The molecule has 2 rings (SSSR count). The van der Waals surface area contributed by atoms with Crippen LogP contribution in [0.1, 0.15) is 5.69 Å². The predicted octanol–water partition coefficient (Wildman–Crippen LogP) is 2.95. The van der Waals surface area contributed by atoms with Gasteiger partial charge in [-0.15, -0.1) is 5.10 Å². The standard InChI is InChI=1S/C10H9Cl3N4/c1-14-4-6-5-17(16-15-6)10-3-8(12)7(11)2-9(10)13/h2-3,5,14H,4H2,1H3. The van der Waals surface area contributed by atoms with Crippen LogP contribution in [-0.4, -0.2) is 22.0 Å². The van der Waals surface area contributed by atoms with Gasteiger partial charge in [0.25, 0.3) is 0 Å². The molecule has 0 amide bonds. The summed E-state index contributed by atoms with van der Waals surface area (Å²) < 4.78 is 1.57. The summed E-state index contributed by atoms with van der Waals surface area (Å²) in [6.07, 6.45) is 1.78. The maximum atomic E-state index is 6.08. The molecule has 0 atom stereocenters. The molecule has 2 aromatic rings. The molecule has 0 aliphatic heterocycles. The lowest BCUT2D eigenvalue weighted by Crippen LogP contribution is -2.05. The molecule has 0 saturated heterocycles. The lowest BCUT2D eigenvalue weighted by atomic mass is 10.3. The zero-order valence-corrected chi connectivity index (χ0v) is 11.2. The SMILES string of the molecule is CNCc1cn(-c2cc(Cl)c(Cl)cc2Cl)nn1. The highest BCUT2D eigenvalue weighted by Gasteiger charge is 2.09. The first-order chi connectivity index (χ1) is 8.11. The summed E-state index contributed by atoms with van der Waals surface area (Å²) in [5.41, 5.74) is 1.46. The van der Waals surface area contributed by atoms with E-state index >= 15 is 0 Å². The minimum atomic E-state index is 0.413. The minimum Gasteiger partial charge on any atom is -0.314 e. The summed E-state index contributed by atoms with van der Waals surface area (Å²) in [4.78, 5) is 0. The monoisotopic (exact) mass is 290 g/mol. The molecule has 0 saturated carbocycles. The number of hydrogen-bond donors (Lipinski definition) is 1. The van der Waals surface area contributed by atoms with Crippen LogP contribution in [0.4, 0.5) is 0 Å². The van der Waals surface area contributed by atoms with Crippen molar-refractivity contribution < 1.29 is 0 Å². The Labute approximate surface area is 113 Å². The van der Waals surface area contributed by atoms with E-state index < -0.39 is 0 Å². The van der Waals surface area contributed by atoms with Crippen LogP contribution < -0.4 is 5.32 Å². The molecule has 0 spiro atoms. The Morgan fingerprint density at radius 3 is 2.59 bits per heavy atom. The highest BCUT2D eigenvalue weighted by molar-refractivity contribution is 6.43. The van der Waals surface area contributed by atoms with Crippen molar-refractivity contribution in [1.29, 1.82) is 0 Å². The molecular weight excluding hydrogens is 282 g/mol. The molecule has 7 heteroatoms. The second-order valence-corrected chi connectivity index (χ2v) is 4.62. The molecule has 0 bridgehead atoms. The van der Waals surface area contributed by atoms with E-state index in [1.165, 1.54) is 0 Å². The van der Waals surface area contributed by atoms with Gasteiger partial charge in [-0.05, 0) is 19.2 Å². The van der Waals surface area contributed by atoms with Gasteiger partial charge in [0.15, 0.2) is 0 Å². The molecule has 0 radical (unpaired) electrons. The van der Waals surface area contributed by atoms with Gasteiger partial charge in [-0.2, -0.15) is 0 Å². The van der Waals surface area contributed by atoms with Gasteiger partial charge in [-0.25, -0.2) is 4.68 Å². The number of nitrogens with one attached hydrogen (secondary N) is 1. The smallest absolute Gasteiger partial charge is 0.0969 e. The summed E-state index contributed by atoms with van der Waals surface area (Å²) in [7, 11) is 1.84. The van der Waals surface area contributed by atoms with Crippen molar-refractivity contribution in [3.8, 4) is 5.69 Å². The highest BCUT2D eigenvalue weighted by Crippen LogP contribution is 2.30. The molecule has 0 unspecified atom stereocenters. The number of aromatic nitrogens is 3. The van der Waals surface area contributed by atoms with E-state index in [-0.39, 0.29) is 0 Å². The Morgan fingerprint density at radius 2 is 1.88 bits per heavy atom. The van der Waals surface area contributed by atoms with Crippen molar-refractivity contribution in [3.63, 3.8) is 0 Å².